The fraction of sp³-hybridized carbons (Fsp3) is 0.909. The van der Waals surface area contributed by atoms with E-state index in [4.69, 9.17) is 0 Å². The van der Waals surface area contributed by atoms with E-state index >= 15 is 0 Å². The molecule has 0 aromatic rings. The van der Waals surface area contributed by atoms with E-state index in [9.17, 15) is 4.79 Å². The smallest absolute Gasteiger partial charge is 0.152 e. The Morgan fingerprint density at radius 2 is 1.85 bits per heavy atom. The van der Waals surface area contributed by atoms with E-state index in [0.29, 0.717) is 12.2 Å². The Labute approximate surface area is 81.3 Å². The number of hydrogen-bond acceptors (Lipinski definition) is 2. The van der Waals surface area contributed by atoms with E-state index in [1.54, 1.807) is 0 Å². The molecule has 0 heterocycles. The van der Waals surface area contributed by atoms with Gasteiger partial charge >= 0.3 is 0 Å². The Morgan fingerprint density at radius 1 is 1.31 bits per heavy atom. The average molecular weight is 183 g/mol. The summed E-state index contributed by atoms with van der Waals surface area (Å²) in [7, 11) is 2.08. The first-order chi connectivity index (χ1) is 6.17. The zero-order valence-corrected chi connectivity index (χ0v) is 9.10. The standard InChI is InChI=1S/C11H21NO/c1-4-10(13)11(12(3)5-2)8-6-7-9-11/h4-9H2,1-3H3. The molecule has 0 bridgehead atoms. The molecule has 0 saturated heterocycles. The van der Waals surface area contributed by atoms with E-state index in [1.165, 1.54) is 12.8 Å². The van der Waals surface area contributed by atoms with Crippen molar-refractivity contribution in [3.63, 3.8) is 0 Å². The maximum absolute atomic E-state index is 11.9. The molecule has 76 valence electrons. The molecule has 0 atom stereocenters. The summed E-state index contributed by atoms with van der Waals surface area (Å²) in [6, 6.07) is 0. The highest BCUT2D eigenvalue weighted by Crippen LogP contribution is 2.35. The lowest BCUT2D eigenvalue weighted by Crippen LogP contribution is -2.50. The number of hydrogen-bond donors (Lipinski definition) is 0. The molecular weight excluding hydrogens is 162 g/mol. The number of nitrogens with zero attached hydrogens (tertiary/aromatic N) is 1. The van der Waals surface area contributed by atoms with E-state index in [1.807, 2.05) is 6.92 Å². The summed E-state index contributed by atoms with van der Waals surface area (Å²) >= 11 is 0. The van der Waals surface area contributed by atoms with Crippen LogP contribution in [-0.4, -0.2) is 29.8 Å². The van der Waals surface area contributed by atoms with Gasteiger partial charge in [0.15, 0.2) is 5.78 Å². The molecule has 0 unspecified atom stereocenters. The van der Waals surface area contributed by atoms with Gasteiger partial charge in [-0.2, -0.15) is 0 Å². The lowest BCUT2D eigenvalue weighted by atomic mass is 9.88. The van der Waals surface area contributed by atoms with Gasteiger partial charge in [0.25, 0.3) is 0 Å². The molecule has 0 N–H and O–H groups in total. The molecule has 2 heteroatoms. The molecule has 2 nitrogen and oxygen atoms in total. The number of ketones is 1. The van der Waals surface area contributed by atoms with Crippen LogP contribution in [0.1, 0.15) is 46.0 Å². The van der Waals surface area contributed by atoms with Crippen LogP contribution in [0.3, 0.4) is 0 Å². The first-order valence-electron chi connectivity index (χ1n) is 5.42. The molecule has 0 radical (unpaired) electrons. The summed E-state index contributed by atoms with van der Waals surface area (Å²) in [5, 5.41) is 0. The van der Waals surface area contributed by atoms with Gasteiger partial charge in [0.1, 0.15) is 0 Å². The number of rotatable bonds is 4. The zero-order chi connectivity index (χ0) is 9.90. The largest absolute Gasteiger partial charge is 0.298 e. The van der Waals surface area contributed by atoms with Crippen LogP contribution in [0, 0.1) is 0 Å². The summed E-state index contributed by atoms with van der Waals surface area (Å²) in [6.07, 6.45) is 5.27. The van der Waals surface area contributed by atoms with Crippen molar-refractivity contribution in [3.05, 3.63) is 0 Å². The Bertz CT molecular complexity index is 183. The molecule has 0 aromatic heterocycles. The highest BCUT2D eigenvalue weighted by molar-refractivity contribution is 5.88. The maximum Gasteiger partial charge on any atom is 0.152 e. The summed E-state index contributed by atoms with van der Waals surface area (Å²) in [5.41, 5.74) is -0.0937. The molecule has 0 aliphatic heterocycles. The number of carbonyl (C=O) groups excluding carboxylic acids is 1. The SMILES string of the molecule is CCC(=O)C1(N(C)CC)CCCC1. The van der Waals surface area contributed by atoms with Crippen molar-refractivity contribution in [2.24, 2.45) is 0 Å². The molecule has 13 heavy (non-hydrogen) atoms. The Morgan fingerprint density at radius 3 is 2.23 bits per heavy atom. The fourth-order valence-electron chi connectivity index (χ4n) is 2.47. The van der Waals surface area contributed by atoms with Gasteiger partial charge in [-0.25, -0.2) is 0 Å². The summed E-state index contributed by atoms with van der Waals surface area (Å²) < 4.78 is 0. The lowest BCUT2D eigenvalue weighted by molar-refractivity contribution is -0.129. The molecule has 0 amide bonds. The average Bonchev–Trinajstić information content (AvgIpc) is 2.65. The second-order valence-corrected chi connectivity index (χ2v) is 4.03. The van der Waals surface area contributed by atoms with Crippen LogP contribution in [0.15, 0.2) is 0 Å². The van der Waals surface area contributed by atoms with Crippen molar-refractivity contribution in [1.29, 1.82) is 0 Å². The molecule has 0 aromatic carbocycles. The molecule has 1 fully saturated rings. The van der Waals surface area contributed by atoms with Crippen LogP contribution in [0.4, 0.5) is 0 Å². The van der Waals surface area contributed by atoms with Crippen molar-refractivity contribution < 1.29 is 4.79 Å². The van der Waals surface area contributed by atoms with E-state index in [2.05, 4.69) is 18.9 Å². The van der Waals surface area contributed by atoms with Gasteiger partial charge < -0.3 is 0 Å². The van der Waals surface area contributed by atoms with Crippen molar-refractivity contribution >= 4 is 5.78 Å². The summed E-state index contributed by atoms with van der Waals surface area (Å²) in [5.74, 6) is 0.439. The molecular formula is C11H21NO. The quantitative estimate of drug-likeness (QED) is 0.666. The zero-order valence-electron chi connectivity index (χ0n) is 9.10. The fourth-order valence-corrected chi connectivity index (χ4v) is 2.47. The van der Waals surface area contributed by atoms with Crippen LogP contribution in [0.2, 0.25) is 0 Å². The molecule has 1 saturated carbocycles. The highest BCUT2D eigenvalue weighted by atomic mass is 16.1. The van der Waals surface area contributed by atoms with E-state index in [0.717, 1.165) is 19.4 Å². The normalized spacial score (nSPS) is 20.9. The molecule has 1 aliphatic rings. The minimum atomic E-state index is -0.0937. The first kappa shape index (κ1) is 10.7. The van der Waals surface area contributed by atoms with Gasteiger partial charge in [-0.05, 0) is 26.4 Å². The van der Waals surface area contributed by atoms with Gasteiger partial charge in [0.05, 0.1) is 5.54 Å². The van der Waals surface area contributed by atoms with Crippen LogP contribution < -0.4 is 0 Å². The number of likely N-dealkylation sites (N-methyl/N-ethyl adjacent to an activating group) is 1. The van der Waals surface area contributed by atoms with E-state index in [-0.39, 0.29) is 5.54 Å². The summed E-state index contributed by atoms with van der Waals surface area (Å²) in [6.45, 7) is 5.08. The maximum atomic E-state index is 11.9. The van der Waals surface area contributed by atoms with Gasteiger partial charge in [-0.15, -0.1) is 0 Å². The third-order valence-corrected chi connectivity index (χ3v) is 3.48. The topological polar surface area (TPSA) is 20.3 Å². The third-order valence-electron chi connectivity index (χ3n) is 3.48. The molecule has 1 rings (SSSR count). The monoisotopic (exact) mass is 183 g/mol. The van der Waals surface area contributed by atoms with Crippen LogP contribution in [0.25, 0.3) is 0 Å². The van der Waals surface area contributed by atoms with Crippen molar-refractivity contribution in [2.45, 2.75) is 51.5 Å². The van der Waals surface area contributed by atoms with Crippen LogP contribution in [0.5, 0.6) is 0 Å². The van der Waals surface area contributed by atoms with Crippen LogP contribution >= 0.6 is 0 Å². The molecule has 1 aliphatic carbocycles. The first-order valence-corrected chi connectivity index (χ1v) is 5.42. The van der Waals surface area contributed by atoms with Crippen LogP contribution in [-0.2, 0) is 4.79 Å². The lowest BCUT2D eigenvalue weighted by Gasteiger charge is -2.36. The molecule has 0 spiro atoms. The second kappa shape index (κ2) is 4.23. The van der Waals surface area contributed by atoms with Gasteiger partial charge in [-0.3, -0.25) is 9.69 Å². The van der Waals surface area contributed by atoms with E-state index < -0.39 is 0 Å². The van der Waals surface area contributed by atoms with Gasteiger partial charge in [0.2, 0.25) is 0 Å². The van der Waals surface area contributed by atoms with Crippen molar-refractivity contribution in [3.8, 4) is 0 Å². The highest BCUT2D eigenvalue weighted by Gasteiger charge is 2.42. The Balaban J connectivity index is 2.80. The van der Waals surface area contributed by atoms with Crippen molar-refractivity contribution in [1.82, 2.24) is 4.90 Å². The third kappa shape index (κ3) is 1.78. The number of carbonyl (C=O) groups is 1. The number of Topliss-reactive ketones (excluding diaryl/α,β-unsaturated/α-hetero) is 1. The minimum Gasteiger partial charge on any atom is -0.298 e. The summed E-state index contributed by atoms with van der Waals surface area (Å²) in [4.78, 5) is 14.1. The van der Waals surface area contributed by atoms with Gasteiger partial charge in [-0.1, -0.05) is 26.7 Å². The predicted molar refractivity (Wildman–Crippen MR) is 54.8 cm³/mol. The van der Waals surface area contributed by atoms with Gasteiger partial charge in [0, 0.05) is 6.42 Å². The second-order valence-electron chi connectivity index (χ2n) is 4.03. The predicted octanol–water partition coefficient (Wildman–Crippen LogP) is 2.23. The minimum absolute atomic E-state index is 0.0937. The Hall–Kier alpha value is -0.370. The van der Waals surface area contributed by atoms with Crippen molar-refractivity contribution in [2.75, 3.05) is 13.6 Å². The Kier molecular flexibility index (Phi) is 3.48.